The third-order valence-electron chi connectivity index (χ3n) is 16.6. The van der Waals surface area contributed by atoms with Gasteiger partial charge in [-0.05, 0) is 150 Å². The number of hydrogen-bond acceptors (Lipinski definition) is 6. The van der Waals surface area contributed by atoms with Crippen LogP contribution in [0.3, 0.4) is 0 Å². The second-order valence-electron chi connectivity index (χ2n) is 19.0. The van der Waals surface area contributed by atoms with Crippen LogP contribution in [0.15, 0.2) is 35.9 Å². The molecule has 1 heterocycles. The zero-order chi connectivity index (χ0) is 34.2. The molecule has 266 valence electrons. The number of aliphatic hydroxyl groups excluding tert-OH is 1. The Kier molecular flexibility index (Phi) is 7.25. The van der Waals surface area contributed by atoms with Crippen LogP contribution in [-0.4, -0.2) is 58.4 Å². The first-order valence-corrected chi connectivity index (χ1v) is 20.5. The number of Topliss-reactive ketones (excluding diaryl/α,β-unsaturated/α-hetero) is 1. The highest BCUT2D eigenvalue weighted by molar-refractivity contribution is 7.14. The van der Waals surface area contributed by atoms with Crippen molar-refractivity contribution in [3.05, 3.63) is 45.7 Å². The van der Waals surface area contributed by atoms with Crippen LogP contribution in [-0.2, 0) is 4.74 Å². The van der Waals surface area contributed by atoms with Crippen LogP contribution < -0.4 is 0 Å². The molecule has 6 nitrogen and oxygen atoms in total. The molecule has 2 N–H and O–H groups in total. The zero-order valence-electron chi connectivity index (χ0n) is 30.1. The van der Waals surface area contributed by atoms with Gasteiger partial charge in [-0.15, -0.1) is 11.3 Å². The van der Waals surface area contributed by atoms with E-state index >= 15 is 0 Å². The number of rotatable bonds is 7. The third kappa shape index (κ3) is 4.43. The summed E-state index contributed by atoms with van der Waals surface area (Å²) >= 11 is 1.57. The molecule has 1 amide bonds. The highest BCUT2D eigenvalue weighted by Crippen LogP contribution is 2.78. The molecule has 0 saturated heterocycles. The number of nitrogens with zero attached hydrogens (tertiary/aromatic N) is 1. The first-order valence-electron chi connectivity index (χ1n) is 19.6. The lowest BCUT2D eigenvalue weighted by molar-refractivity contribution is -0.177. The van der Waals surface area contributed by atoms with Gasteiger partial charge in [-0.2, -0.15) is 0 Å². The molecule has 8 unspecified atom stereocenters. The SMILES string of the molecule is CCOC(=O)N(CC12CC3CC(CC(C3)C1)C2)CC1(O)CCC2C34C=CC5(C=C3C(=O)c3ccc(C)s3)CC(O)CCC5(C)C4CCC21C. The minimum atomic E-state index is -1.08. The van der Waals surface area contributed by atoms with E-state index in [0.717, 1.165) is 65.2 Å². The average Bonchev–Trinajstić information content (AvgIpc) is 3.59. The fourth-order valence-electron chi connectivity index (χ4n) is 14.9. The summed E-state index contributed by atoms with van der Waals surface area (Å²) in [5.41, 5.74) is -1.39. The second-order valence-corrected chi connectivity index (χ2v) is 20.3. The standard InChI is InChI=1S/C42H57NO5S/c1-5-48-36(46)43(24-39-19-27-16-28(20-39)18-29(17-27)21-39)25-41(47)13-10-34-38(41,4)12-9-33-37(3)11-8-30(44)22-40(37)14-15-42(33,34)31(23-40)35(45)32-7-6-26(2)49-32/h6-7,14-15,23,27-30,33-34,44,47H,5,8-13,16-22,24-25H2,1-4H3. The molecule has 1 aromatic heterocycles. The van der Waals surface area contributed by atoms with Crippen LogP contribution in [0, 0.1) is 63.6 Å². The van der Waals surface area contributed by atoms with E-state index in [1.165, 1.54) is 38.5 Å². The number of carbonyl (C=O) groups is 2. The summed E-state index contributed by atoms with van der Waals surface area (Å²) < 4.78 is 5.75. The molecule has 7 saturated carbocycles. The van der Waals surface area contributed by atoms with Crippen LogP contribution in [0.5, 0.6) is 0 Å². The monoisotopic (exact) mass is 687 g/mol. The van der Waals surface area contributed by atoms with Gasteiger partial charge in [-0.3, -0.25) is 4.79 Å². The highest BCUT2D eigenvalue weighted by atomic mass is 32.1. The van der Waals surface area contributed by atoms with Crippen molar-refractivity contribution >= 4 is 23.2 Å². The predicted molar refractivity (Wildman–Crippen MR) is 191 cm³/mol. The number of hydrogen-bond donors (Lipinski definition) is 2. The molecule has 0 radical (unpaired) electrons. The molecular formula is C42H57NO5S. The topological polar surface area (TPSA) is 87.1 Å². The first-order chi connectivity index (χ1) is 23.3. The van der Waals surface area contributed by atoms with Gasteiger partial charge < -0.3 is 19.8 Å². The van der Waals surface area contributed by atoms with Crippen molar-refractivity contribution in [3.8, 4) is 0 Å². The summed E-state index contributed by atoms with van der Waals surface area (Å²) in [6.45, 7) is 9.99. The largest absolute Gasteiger partial charge is 0.450 e. The number of fused-ring (bicyclic) bond motifs is 1. The number of amides is 1. The molecule has 6 bridgehead atoms. The maximum absolute atomic E-state index is 14.8. The number of ketones is 1. The van der Waals surface area contributed by atoms with Crippen LogP contribution in [0.4, 0.5) is 4.79 Å². The van der Waals surface area contributed by atoms with Crippen molar-refractivity contribution in [1.82, 2.24) is 4.90 Å². The molecule has 49 heavy (non-hydrogen) atoms. The maximum Gasteiger partial charge on any atom is 0.409 e. The van der Waals surface area contributed by atoms with Crippen molar-refractivity contribution in [1.29, 1.82) is 0 Å². The van der Waals surface area contributed by atoms with Crippen molar-refractivity contribution in [2.75, 3.05) is 19.7 Å². The number of aryl methyl sites for hydroxylation is 1. The van der Waals surface area contributed by atoms with Crippen molar-refractivity contribution < 1.29 is 24.5 Å². The van der Waals surface area contributed by atoms with Crippen molar-refractivity contribution in [2.24, 2.45) is 56.7 Å². The zero-order valence-corrected chi connectivity index (χ0v) is 31.0. The van der Waals surface area contributed by atoms with Gasteiger partial charge in [0.25, 0.3) is 0 Å². The first kappa shape index (κ1) is 32.9. The Bertz CT molecular complexity index is 1590. The fraction of sp³-hybridized carbons (Fsp3) is 0.762. The van der Waals surface area contributed by atoms with Gasteiger partial charge >= 0.3 is 6.09 Å². The smallest absolute Gasteiger partial charge is 0.409 e. The van der Waals surface area contributed by atoms with E-state index in [1.807, 2.05) is 24.0 Å². The van der Waals surface area contributed by atoms with E-state index < -0.39 is 16.4 Å². The van der Waals surface area contributed by atoms with Crippen LogP contribution in [0.1, 0.15) is 119 Å². The van der Waals surface area contributed by atoms with E-state index in [4.69, 9.17) is 4.74 Å². The van der Waals surface area contributed by atoms with Gasteiger partial charge in [0, 0.05) is 33.2 Å². The molecule has 11 rings (SSSR count). The molecule has 0 aromatic carbocycles. The van der Waals surface area contributed by atoms with Gasteiger partial charge in [0.15, 0.2) is 5.78 Å². The summed E-state index contributed by atoms with van der Waals surface area (Å²) in [6, 6.07) is 4.03. The Balaban J connectivity index is 1.09. The minimum absolute atomic E-state index is 0.0619. The summed E-state index contributed by atoms with van der Waals surface area (Å²) in [6.07, 6.45) is 19.8. The van der Waals surface area contributed by atoms with Crippen molar-refractivity contribution in [2.45, 2.75) is 123 Å². The molecule has 10 aliphatic rings. The number of aliphatic hydroxyl groups is 2. The summed E-state index contributed by atoms with van der Waals surface area (Å²) in [7, 11) is 0. The summed E-state index contributed by atoms with van der Waals surface area (Å²) in [5.74, 6) is 2.82. The molecule has 7 fully saturated rings. The van der Waals surface area contributed by atoms with Gasteiger partial charge in [-0.25, -0.2) is 4.79 Å². The Morgan fingerprint density at radius 3 is 2.20 bits per heavy atom. The molecule has 0 aliphatic heterocycles. The lowest BCUT2D eigenvalue weighted by atomic mass is 9.32. The van der Waals surface area contributed by atoms with Gasteiger partial charge in [0.05, 0.1) is 29.7 Å². The molecular weight excluding hydrogens is 631 g/mol. The van der Waals surface area contributed by atoms with Gasteiger partial charge in [-0.1, -0.05) is 32.1 Å². The van der Waals surface area contributed by atoms with Crippen LogP contribution in [0.25, 0.3) is 0 Å². The van der Waals surface area contributed by atoms with E-state index in [-0.39, 0.29) is 46.1 Å². The Morgan fingerprint density at radius 1 is 0.898 bits per heavy atom. The molecule has 7 heteroatoms. The lowest BCUT2D eigenvalue weighted by Crippen LogP contribution is -2.67. The quantitative estimate of drug-likeness (QED) is 0.222. The maximum atomic E-state index is 14.8. The summed E-state index contributed by atoms with van der Waals surface area (Å²) in [5, 5.41) is 24.1. The van der Waals surface area contributed by atoms with Gasteiger partial charge in [0.2, 0.25) is 0 Å². The fourth-order valence-corrected chi connectivity index (χ4v) is 15.7. The lowest BCUT2D eigenvalue weighted by Gasteiger charge is -2.71. The predicted octanol–water partition coefficient (Wildman–Crippen LogP) is 8.51. The molecule has 2 spiro atoms. The second kappa shape index (κ2) is 10.8. The Morgan fingerprint density at radius 2 is 1.55 bits per heavy atom. The normalized spacial score (nSPS) is 48.5. The number of allylic oxidation sites excluding steroid dienone is 4. The van der Waals surface area contributed by atoms with E-state index in [0.29, 0.717) is 32.5 Å². The summed E-state index contributed by atoms with van der Waals surface area (Å²) in [4.78, 5) is 32.5. The van der Waals surface area contributed by atoms with E-state index in [1.54, 1.807) is 11.3 Å². The number of carbonyl (C=O) groups excluding carboxylic acids is 2. The third-order valence-corrected chi connectivity index (χ3v) is 17.6. The molecule has 10 aliphatic carbocycles. The Hall–Kier alpha value is -1.96. The van der Waals surface area contributed by atoms with E-state index in [2.05, 4.69) is 39.0 Å². The number of thiophene rings is 1. The van der Waals surface area contributed by atoms with Gasteiger partial charge in [0.1, 0.15) is 0 Å². The van der Waals surface area contributed by atoms with E-state index in [9.17, 15) is 19.8 Å². The minimum Gasteiger partial charge on any atom is -0.450 e. The van der Waals surface area contributed by atoms with Crippen molar-refractivity contribution in [3.63, 3.8) is 0 Å². The van der Waals surface area contributed by atoms with Crippen LogP contribution >= 0.6 is 11.3 Å². The molecule has 8 atom stereocenters. The average molecular weight is 688 g/mol. The van der Waals surface area contributed by atoms with Crippen LogP contribution in [0.2, 0.25) is 0 Å². The Labute approximate surface area is 296 Å². The molecule has 1 aromatic rings. The number of ether oxygens (including phenoxy) is 1. The highest BCUT2D eigenvalue weighted by Gasteiger charge is 2.74.